The van der Waals surface area contributed by atoms with Crippen LogP contribution in [0.3, 0.4) is 0 Å². The van der Waals surface area contributed by atoms with Crippen LogP contribution in [-0.4, -0.2) is 75.1 Å². The predicted octanol–water partition coefficient (Wildman–Crippen LogP) is 3.54. The summed E-state index contributed by atoms with van der Waals surface area (Å²) < 4.78 is 95.1. The molecule has 0 bridgehead atoms. The van der Waals surface area contributed by atoms with Gasteiger partial charge in [-0.25, -0.2) is 35.3 Å². The number of anilines is 1. The van der Waals surface area contributed by atoms with Gasteiger partial charge in [0, 0.05) is 11.0 Å². The third-order valence-electron chi connectivity index (χ3n) is 6.23. The van der Waals surface area contributed by atoms with Crippen molar-refractivity contribution in [1.82, 2.24) is 20.4 Å². The first-order valence-electron chi connectivity index (χ1n) is 12.5. The summed E-state index contributed by atoms with van der Waals surface area (Å²) in [5.74, 6) is -2.45. The number of sulfonamides is 1. The zero-order valence-electron chi connectivity index (χ0n) is 22.1. The largest absolute Gasteiger partial charge is 0.338 e. The molecule has 2 aromatic rings. The Labute approximate surface area is 238 Å². The van der Waals surface area contributed by atoms with E-state index in [1.807, 2.05) is 0 Å². The number of nitrogens with one attached hydrogen (secondary N) is 3. The van der Waals surface area contributed by atoms with Crippen molar-refractivity contribution in [2.45, 2.75) is 60.9 Å². The molecule has 0 unspecified atom stereocenters. The van der Waals surface area contributed by atoms with Crippen molar-refractivity contribution < 1.29 is 44.8 Å². The number of aromatic nitrogens is 2. The highest BCUT2D eigenvalue weighted by atomic mass is 32.2. The Morgan fingerprint density at radius 1 is 1.10 bits per heavy atom. The smallest absolute Gasteiger partial charge is 0.277 e. The Morgan fingerprint density at radius 2 is 1.78 bits per heavy atom. The van der Waals surface area contributed by atoms with Crippen LogP contribution < -0.4 is 20.7 Å². The number of carbonyl (C=O) groups excluding carboxylic acids is 2. The number of halogens is 4. The fraction of sp³-hybridized carbons (Fsp3) is 0.565. The molecule has 1 heterocycles. The topological polar surface area (TPSA) is 160 Å². The van der Waals surface area contributed by atoms with Crippen molar-refractivity contribution in [2.24, 2.45) is 5.92 Å². The molecule has 1 aromatic heterocycles. The minimum absolute atomic E-state index is 0.0630. The van der Waals surface area contributed by atoms with E-state index in [4.69, 9.17) is 0 Å². The van der Waals surface area contributed by atoms with E-state index in [0.29, 0.717) is 24.6 Å². The van der Waals surface area contributed by atoms with Crippen LogP contribution in [0.15, 0.2) is 32.7 Å². The molecule has 0 aliphatic heterocycles. The second-order valence-electron chi connectivity index (χ2n) is 9.73. The van der Waals surface area contributed by atoms with E-state index in [9.17, 15) is 40.1 Å². The SMILES string of the molecule is CP(C)(=O)c1cc(NC(=O)[C@@H](NC(=O)c2nonc2SCC(F)F)C2CCCCC2)ccc1S(=O)(=O)NCC(F)F. The number of rotatable bonds is 13. The molecule has 18 heteroatoms. The number of amides is 2. The number of nitrogens with zero attached hydrogens (tertiary/aromatic N) is 2. The van der Waals surface area contributed by atoms with Gasteiger partial charge in [0.2, 0.25) is 28.0 Å². The molecule has 0 saturated heterocycles. The Morgan fingerprint density at radius 3 is 2.39 bits per heavy atom. The van der Waals surface area contributed by atoms with Gasteiger partial charge >= 0.3 is 0 Å². The van der Waals surface area contributed by atoms with Gasteiger partial charge in [-0.1, -0.05) is 31.0 Å². The monoisotopic (exact) mass is 643 g/mol. The summed E-state index contributed by atoms with van der Waals surface area (Å²) in [6.07, 6.45) is -1.83. The van der Waals surface area contributed by atoms with Gasteiger partial charge < -0.3 is 15.2 Å². The molecule has 2 amide bonds. The molecular weight excluding hydrogens is 613 g/mol. The van der Waals surface area contributed by atoms with E-state index in [1.165, 1.54) is 25.5 Å². The zero-order valence-corrected chi connectivity index (χ0v) is 24.6. The molecule has 3 N–H and O–H groups in total. The number of benzene rings is 1. The molecule has 1 aliphatic carbocycles. The van der Waals surface area contributed by atoms with Gasteiger partial charge in [0.05, 0.1) is 17.2 Å². The van der Waals surface area contributed by atoms with Gasteiger partial charge in [0.25, 0.3) is 12.3 Å². The third-order valence-corrected chi connectivity index (χ3v) is 10.4. The van der Waals surface area contributed by atoms with Crippen molar-refractivity contribution in [1.29, 1.82) is 0 Å². The van der Waals surface area contributed by atoms with Crippen LogP contribution in [0.5, 0.6) is 0 Å². The Hall–Kier alpha value is -2.49. The van der Waals surface area contributed by atoms with E-state index in [1.54, 1.807) is 4.72 Å². The molecule has 0 radical (unpaired) electrons. The van der Waals surface area contributed by atoms with Crippen LogP contribution in [-0.2, 0) is 19.4 Å². The third kappa shape index (κ3) is 9.25. The summed E-state index contributed by atoms with van der Waals surface area (Å²) in [6, 6.07) is 2.37. The standard InChI is InChI=1S/C23H30F4N5O6PS2/c1-39(2,35)15-10-14(8-9-16(15)41(36,37)28-11-17(24)25)29-21(33)19(13-6-4-3-5-7-13)30-22(34)20-23(32-38-31-20)40-12-18(26)27/h8-10,13,17-19,28H,3-7,11-12H2,1-2H3,(H,29,33)(H,30,34)/t19-/m0/s1. The fourth-order valence-corrected chi connectivity index (χ4v) is 8.14. The van der Waals surface area contributed by atoms with Crippen LogP contribution in [0.25, 0.3) is 0 Å². The number of alkyl halides is 4. The van der Waals surface area contributed by atoms with Crippen molar-refractivity contribution in [3.8, 4) is 0 Å². The number of thioether (sulfide) groups is 1. The lowest BCUT2D eigenvalue weighted by Crippen LogP contribution is -2.49. The molecule has 0 spiro atoms. The lowest BCUT2D eigenvalue weighted by Gasteiger charge is -2.30. The van der Waals surface area contributed by atoms with E-state index >= 15 is 0 Å². The van der Waals surface area contributed by atoms with Gasteiger partial charge in [0.1, 0.15) is 13.2 Å². The van der Waals surface area contributed by atoms with Crippen LogP contribution in [0.1, 0.15) is 42.6 Å². The first-order valence-corrected chi connectivity index (χ1v) is 17.6. The molecule has 1 aliphatic rings. The van der Waals surface area contributed by atoms with Crippen LogP contribution in [0.2, 0.25) is 0 Å². The first kappa shape index (κ1) is 33.0. The molecule has 1 fully saturated rings. The summed E-state index contributed by atoms with van der Waals surface area (Å²) in [5, 5.41) is 11.9. The predicted molar refractivity (Wildman–Crippen MR) is 144 cm³/mol. The molecule has 1 aromatic carbocycles. The molecular formula is C23H30F4N5O6PS2. The van der Waals surface area contributed by atoms with Gasteiger partial charge in [-0.05, 0) is 60.6 Å². The van der Waals surface area contributed by atoms with Crippen LogP contribution in [0, 0.1) is 5.92 Å². The molecule has 1 saturated carbocycles. The minimum Gasteiger partial charge on any atom is -0.338 e. The highest BCUT2D eigenvalue weighted by Gasteiger charge is 2.34. The highest BCUT2D eigenvalue weighted by Crippen LogP contribution is 2.38. The van der Waals surface area contributed by atoms with Crippen LogP contribution >= 0.6 is 18.9 Å². The van der Waals surface area contributed by atoms with Crippen molar-refractivity contribution >= 4 is 51.7 Å². The molecule has 228 valence electrons. The maximum Gasteiger partial charge on any atom is 0.277 e. The summed E-state index contributed by atoms with van der Waals surface area (Å²) in [6.45, 7) is 1.45. The quantitative estimate of drug-likeness (QED) is 0.169. The maximum atomic E-state index is 13.5. The summed E-state index contributed by atoms with van der Waals surface area (Å²) in [7, 11) is -7.75. The average Bonchev–Trinajstić information content (AvgIpc) is 3.38. The molecule has 3 rings (SSSR count). The normalized spacial score (nSPS) is 15.7. The van der Waals surface area contributed by atoms with Gasteiger partial charge in [0.15, 0.2) is 5.03 Å². The van der Waals surface area contributed by atoms with E-state index in [0.717, 1.165) is 25.3 Å². The Kier molecular flexibility index (Phi) is 11.4. The molecule has 41 heavy (non-hydrogen) atoms. The average molecular weight is 644 g/mol. The lowest BCUT2D eigenvalue weighted by atomic mass is 9.83. The minimum atomic E-state index is -4.45. The molecule has 11 nitrogen and oxygen atoms in total. The van der Waals surface area contributed by atoms with Gasteiger partial charge in [-0.2, -0.15) is 0 Å². The summed E-state index contributed by atoms with van der Waals surface area (Å²) in [5.41, 5.74) is -0.289. The summed E-state index contributed by atoms with van der Waals surface area (Å²) in [4.78, 5) is 26.0. The number of carbonyl (C=O) groups is 2. The Bertz CT molecular complexity index is 1380. The van der Waals surface area contributed by atoms with Crippen molar-refractivity contribution in [3.63, 3.8) is 0 Å². The lowest BCUT2D eigenvalue weighted by molar-refractivity contribution is -0.119. The second kappa shape index (κ2) is 14.1. The highest BCUT2D eigenvalue weighted by molar-refractivity contribution is 7.99. The van der Waals surface area contributed by atoms with E-state index in [2.05, 4.69) is 25.6 Å². The first-order chi connectivity index (χ1) is 19.2. The van der Waals surface area contributed by atoms with Gasteiger partial charge in [-0.3, -0.25) is 9.59 Å². The molecule has 1 atom stereocenters. The van der Waals surface area contributed by atoms with Crippen molar-refractivity contribution in [2.75, 3.05) is 30.9 Å². The fourth-order valence-electron chi connectivity index (χ4n) is 4.34. The van der Waals surface area contributed by atoms with Gasteiger partial charge in [-0.15, -0.1) is 0 Å². The zero-order chi connectivity index (χ0) is 30.4. The van der Waals surface area contributed by atoms with Crippen molar-refractivity contribution in [3.05, 3.63) is 23.9 Å². The van der Waals surface area contributed by atoms with E-state index in [-0.39, 0.29) is 27.6 Å². The van der Waals surface area contributed by atoms with Crippen LogP contribution in [0.4, 0.5) is 23.2 Å². The maximum absolute atomic E-state index is 13.5. The summed E-state index contributed by atoms with van der Waals surface area (Å²) >= 11 is 0.575. The number of hydrogen-bond acceptors (Lipinski definition) is 9. The second-order valence-corrected chi connectivity index (χ2v) is 15.7. The Balaban J connectivity index is 1.87. The van der Waals surface area contributed by atoms with E-state index < -0.39 is 65.1 Å². The number of hydrogen-bond donors (Lipinski definition) is 3.